The first-order valence-electron chi connectivity index (χ1n) is 13.3. The van der Waals surface area contributed by atoms with Gasteiger partial charge in [0.05, 0.1) is 18.5 Å². The average Bonchev–Trinajstić information content (AvgIpc) is 3.72. The highest BCUT2D eigenvalue weighted by atomic mass is 19.3. The van der Waals surface area contributed by atoms with Gasteiger partial charge in [0.1, 0.15) is 12.0 Å². The predicted octanol–water partition coefficient (Wildman–Crippen LogP) is 4.08. The lowest BCUT2D eigenvalue weighted by atomic mass is 10.0. The van der Waals surface area contributed by atoms with E-state index in [0.717, 1.165) is 55.5 Å². The fourth-order valence-electron chi connectivity index (χ4n) is 5.53. The first kappa shape index (κ1) is 25.4. The second-order valence-corrected chi connectivity index (χ2v) is 10.5. The molecule has 1 fully saturated rings. The molecule has 2 aromatic heterocycles. The van der Waals surface area contributed by atoms with Crippen molar-refractivity contribution in [1.29, 1.82) is 0 Å². The van der Waals surface area contributed by atoms with Gasteiger partial charge in [0.25, 0.3) is 0 Å². The van der Waals surface area contributed by atoms with Crippen LogP contribution in [0.2, 0.25) is 0 Å². The van der Waals surface area contributed by atoms with E-state index in [1.165, 1.54) is 4.58 Å². The molecule has 208 valence electrons. The Labute approximate surface area is 234 Å². The smallest absolute Gasteiger partial charge is 0.380 e. The standard InChI is InChI=1S/C29H26F2N8O2/c1-41-14-25-22-8-18(2-3-19(22)13-39(25)28(40)38-15-29(30,31)16-38)26-36-24-12-32-11-23(24)27(37-26)35-21-6-4-17(5-7-21)20-9-33-34-10-20/h2-10,13,25,32H,11-12,14-16H2,1H3,(H,36,37)/p+1. The van der Waals surface area contributed by atoms with Crippen LogP contribution in [0.5, 0.6) is 0 Å². The number of H-pyrrole nitrogens is 1. The van der Waals surface area contributed by atoms with E-state index in [9.17, 15) is 13.6 Å². The Bertz CT molecular complexity index is 1660. The first-order chi connectivity index (χ1) is 19.9. The number of carbonyl (C=O) groups excluding carboxylic acids is 1. The number of ether oxygens (including phenoxy) is 1. The van der Waals surface area contributed by atoms with E-state index >= 15 is 0 Å². The number of alkyl halides is 2. The lowest BCUT2D eigenvalue weighted by Gasteiger charge is -2.32. The summed E-state index contributed by atoms with van der Waals surface area (Å²) in [6.07, 6.45) is 5.33. The monoisotopic (exact) mass is 557 g/mol. The molecule has 0 saturated carbocycles. The maximum absolute atomic E-state index is 13.5. The van der Waals surface area contributed by atoms with Gasteiger partial charge in [-0.05, 0) is 23.8 Å². The highest BCUT2D eigenvalue weighted by molar-refractivity contribution is 5.87. The molecule has 3 aliphatic rings. The highest BCUT2D eigenvalue weighted by Crippen LogP contribution is 2.35. The van der Waals surface area contributed by atoms with Gasteiger partial charge in [0, 0.05) is 59.9 Å². The van der Waals surface area contributed by atoms with Crippen LogP contribution in [0.4, 0.5) is 25.1 Å². The minimum Gasteiger partial charge on any atom is -0.380 e. The average molecular weight is 558 g/mol. The van der Waals surface area contributed by atoms with E-state index in [1.807, 2.05) is 48.7 Å². The summed E-state index contributed by atoms with van der Waals surface area (Å²) in [5.74, 6) is -1.56. The largest absolute Gasteiger partial charge is 0.494 e. The zero-order valence-electron chi connectivity index (χ0n) is 22.2. The number of methoxy groups -OCH3 is 1. The Morgan fingerprint density at radius 2 is 1.93 bits per heavy atom. The second kappa shape index (κ2) is 9.82. The summed E-state index contributed by atoms with van der Waals surface area (Å²) < 4.78 is 33.8. The molecule has 1 saturated heterocycles. The molecule has 7 rings (SSSR count). The summed E-state index contributed by atoms with van der Waals surface area (Å²) in [7, 11) is 1.55. The number of nitrogens with one attached hydrogen (secondary N) is 3. The predicted molar refractivity (Wildman–Crippen MR) is 147 cm³/mol. The molecule has 10 nitrogen and oxygen atoms in total. The molecule has 3 aliphatic heterocycles. The van der Waals surface area contributed by atoms with Crippen molar-refractivity contribution in [3.63, 3.8) is 0 Å². The molecule has 1 unspecified atom stereocenters. The second-order valence-electron chi connectivity index (χ2n) is 10.5. The number of benzene rings is 2. The third-order valence-corrected chi connectivity index (χ3v) is 7.64. The van der Waals surface area contributed by atoms with Gasteiger partial charge in [-0.1, -0.05) is 24.3 Å². The van der Waals surface area contributed by atoms with Crippen LogP contribution in [0.1, 0.15) is 28.4 Å². The van der Waals surface area contributed by atoms with E-state index in [0.29, 0.717) is 18.9 Å². The number of aromatic amines is 1. The summed E-state index contributed by atoms with van der Waals surface area (Å²) in [5, 5.41) is 13.7. The molecule has 3 N–H and O–H groups in total. The van der Waals surface area contributed by atoms with Gasteiger partial charge in [-0.2, -0.15) is 23.2 Å². The zero-order chi connectivity index (χ0) is 28.1. The Morgan fingerprint density at radius 1 is 1.12 bits per heavy atom. The van der Waals surface area contributed by atoms with Crippen molar-refractivity contribution in [2.75, 3.05) is 32.1 Å². The lowest BCUT2D eigenvalue weighted by molar-refractivity contribution is -0.485. The van der Waals surface area contributed by atoms with Crippen molar-refractivity contribution in [1.82, 2.24) is 30.4 Å². The number of carbonyl (C=O) groups is 1. The Balaban J connectivity index is 1.18. The van der Waals surface area contributed by atoms with E-state index in [2.05, 4.69) is 20.8 Å². The number of halogens is 2. The van der Waals surface area contributed by atoms with Crippen LogP contribution < -0.4 is 10.6 Å². The van der Waals surface area contributed by atoms with Crippen molar-refractivity contribution in [2.24, 2.45) is 0 Å². The Morgan fingerprint density at radius 3 is 2.66 bits per heavy atom. The number of hydrogen-bond acceptors (Lipinski definition) is 7. The van der Waals surface area contributed by atoms with E-state index in [-0.39, 0.29) is 6.61 Å². The molecular formula is C29H27F2N8O2+. The molecule has 12 heteroatoms. The van der Waals surface area contributed by atoms with Crippen molar-refractivity contribution in [2.45, 2.75) is 25.1 Å². The van der Waals surface area contributed by atoms with Crippen LogP contribution in [0.3, 0.4) is 0 Å². The minimum atomic E-state index is -2.83. The summed E-state index contributed by atoms with van der Waals surface area (Å²) >= 11 is 0. The van der Waals surface area contributed by atoms with Crippen LogP contribution >= 0.6 is 0 Å². The van der Waals surface area contributed by atoms with Gasteiger partial charge in [-0.15, -0.1) is 0 Å². The van der Waals surface area contributed by atoms with Gasteiger partial charge in [-0.3, -0.25) is 5.10 Å². The SMILES string of the molecule is COCC1c2cc(-c3nc4c(c(Nc5ccc(-c6cn[nH]c6)cc5)n3)CNC4)ccc2C=[N+]1C(=O)N1CC(F)(F)C1. The molecule has 0 aliphatic carbocycles. The van der Waals surface area contributed by atoms with Crippen molar-refractivity contribution in [3.8, 4) is 22.5 Å². The number of anilines is 2. The third-order valence-electron chi connectivity index (χ3n) is 7.64. The molecule has 2 aromatic carbocycles. The summed E-state index contributed by atoms with van der Waals surface area (Å²) in [6.45, 7) is 0.367. The van der Waals surface area contributed by atoms with Crippen molar-refractivity contribution < 1.29 is 22.9 Å². The summed E-state index contributed by atoms with van der Waals surface area (Å²) in [5.41, 5.74) is 7.37. The molecule has 0 bridgehead atoms. The van der Waals surface area contributed by atoms with E-state index < -0.39 is 31.1 Å². The minimum absolute atomic E-state index is 0.222. The fourth-order valence-corrected chi connectivity index (χ4v) is 5.53. The molecule has 4 aromatic rings. The zero-order valence-corrected chi connectivity index (χ0v) is 22.2. The van der Waals surface area contributed by atoms with Crippen LogP contribution in [0, 0.1) is 0 Å². The van der Waals surface area contributed by atoms with Crippen LogP contribution in [-0.2, 0) is 17.8 Å². The van der Waals surface area contributed by atoms with Crippen LogP contribution in [0.25, 0.3) is 22.5 Å². The molecule has 5 heterocycles. The Kier molecular flexibility index (Phi) is 6.09. The molecule has 0 radical (unpaired) electrons. The maximum atomic E-state index is 13.5. The van der Waals surface area contributed by atoms with Gasteiger partial charge in [0.15, 0.2) is 25.0 Å². The number of aromatic nitrogens is 4. The highest BCUT2D eigenvalue weighted by Gasteiger charge is 2.54. The van der Waals surface area contributed by atoms with Crippen LogP contribution in [-0.4, -0.2) is 74.6 Å². The van der Waals surface area contributed by atoms with Gasteiger partial charge in [-0.25, -0.2) is 14.9 Å². The van der Waals surface area contributed by atoms with E-state index in [1.54, 1.807) is 19.5 Å². The fraction of sp³-hybridized carbons (Fsp3) is 0.276. The molecular weight excluding hydrogens is 530 g/mol. The van der Waals surface area contributed by atoms with Crippen molar-refractivity contribution >= 4 is 23.8 Å². The van der Waals surface area contributed by atoms with Gasteiger partial charge < -0.3 is 15.4 Å². The third kappa shape index (κ3) is 4.64. The Hall–Kier alpha value is -4.55. The quantitative estimate of drug-likeness (QED) is 0.307. The number of rotatable bonds is 6. The number of hydrogen-bond donors (Lipinski definition) is 3. The number of urea groups is 1. The van der Waals surface area contributed by atoms with Gasteiger partial charge >= 0.3 is 12.0 Å². The topological polar surface area (TPSA) is 111 Å². The van der Waals surface area contributed by atoms with Gasteiger partial charge in [0.2, 0.25) is 0 Å². The summed E-state index contributed by atoms with van der Waals surface area (Å²) in [4.78, 5) is 24.0. The normalized spacial score (nSPS) is 18.5. The molecule has 0 spiro atoms. The summed E-state index contributed by atoms with van der Waals surface area (Å²) in [6, 6.07) is 12.9. The molecule has 1 atom stereocenters. The first-order valence-corrected chi connectivity index (χ1v) is 13.3. The molecule has 2 amide bonds. The van der Waals surface area contributed by atoms with Crippen molar-refractivity contribution in [3.05, 3.63) is 77.2 Å². The maximum Gasteiger partial charge on any atom is 0.494 e. The number of fused-ring (bicyclic) bond motifs is 2. The van der Waals surface area contributed by atoms with Crippen LogP contribution in [0.15, 0.2) is 54.9 Å². The molecule has 41 heavy (non-hydrogen) atoms. The lowest BCUT2D eigenvalue weighted by Crippen LogP contribution is -2.60. The van der Waals surface area contributed by atoms with E-state index in [4.69, 9.17) is 14.7 Å². The number of nitrogens with zero attached hydrogens (tertiary/aromatic N) is 5. The number of amides is 2. The number of likely N-dealkylation sites (tertiary alicyclic amines) is 1.